The molecule has 6 heteroatoms. The second-order valence-corrected chi connectivity index (χ2v) is 4.80. The lowest BCUT2D eigenvalue weighted by Gasteiger charge is -2.30. The highest BCUT2D eigenvalue weighted by molar-refractivity contribution is 5.94. The van der Waals surface area contributed by atoms with Crippen molar-refractivity contribution in [3.63, 3.8) is 0 Å². The fraction of sp³-hybridized carbons (Fsp3) is 0.462. The number of benzene rings is 1. The van der Waals surface area contributed by atoms with Crippen molar-refractivity contribution in [3.8, 4) is 0 Å². The van der Waals surface area contributed by atoms with Crippen molar-refractivity contribution in [1.82, 2.24) is 4.90 Å². The quantitative estimate of drug-likeness (QED) is 0.671. The van der Waals surface area contributed by atoms with Crippen molar-refractivity contribution < 1.29 is 9.53 Å². The predicted octanol–water partition coefficient (Wildman–Crippen LogP) is 0.110. The maximum Gasteiger partial charge on any atom is 0.248 e. The van der Waals surface area contributed by atoms with Gasteiger partial charge in [-0.15, -0.1) is 0 Å². The van der Waals surface area contributed by atoms with Crippen LogP contribution in [-0.4, -0.2) is 50.2 Å². The van der Waals surface area contributed by atoms with Gasteiger partial charge < -0.3 is 26.4 Å². The van der Waals surface area contributed by atoms with Crippen LogP contribution in [0.1, 0.15) is 10.4 Å². The summed E-state index contributed by atoms with van der Waals surface area (Å²) in [4.78, 5) is 13.3. The van der Waals surface area contributed by atoms with Crippen LogP contribution in [0.25, 0.3) is 0 Å². The Morgan fingerprint density at radius 3 is 3.00 bits per heavy atom. The van der Waals surface area contributed by atoms with E-state index < -0.39 is 5.91 Å². The van der Waals surface area contributed by atoms with Gasteiger partial charge in [-0.05, 0) is 25.2 Å². The summed E-state index contributed by atoms with van der Waals surface area (Å²) in [5.74, 6) is -0.476. The molecule has 0 aliphatic carbocycles. The normalized spacial score (nSPS) is 20.2. The van der Waals surface area contributed by atoms with Crippen LogP contribution in [-0.2, 0) is 4.74 Å². The molecule has 1 aliphatic heterocycles. The lowest BCUT2D eigenvalue weighted by atomic mass is 10.1. The number of nitrogen functional groups attached to an aromatic ring is 1. The molecule has 0 radical (unpaired) electrons. The van der Waals surface area contributed by atoms with Gasteiger partial charge in [-0.1, -0.05) is 0 Å². The van der Waals surface area contributed by atoms with Gasteiger partial charge in [0.25, 0.3) is 0 Å². The Morgan fingerprint density at radius 2 is 2.37 bits per heavy atom. The van der Waals surface area contributed by atoms with Gasteiger partial charge >= 0.3 is 0 Å². The zero-order chi connectivity index (χ0) is 13.8. The van der Waals surface area contributed by atoms with Gasteiger partial charge in [0, 0.05) is 25.2 Å². The number of nitrogens with one attached hydrogen (secondary N) is 1. The number of ether oxygens (including phenoxy) is 1. The molecule has 1 aromatic rings. The van der Waals surface area contributed by atoms with Gasteiger partial charge in [0.05, 0.1) is 24.1 Å². The second-order valence-electron chi connectivity index (χ2n) is 4.80. The predicted molar refractivity (Wildman–Crippen MR) is 75.1 cm³/mol. The third-order valence-electron chi connectivity index (χ3n) is 3.20. The maximum absolute atomic E-state index is 11.0. The van der Waals surface area contributed by atoms with Gasteiger partial charge in [-0.2, -0.15) is 0 Å². The van der Waals surface area contributed by atoms with Crippen molar-refractivity contribution in [2.75, 3.05) is 44.3 Å². The minimum Gasteiger partial charge on any atom is -0.397 e. The molecule has 1 atom stereocenters. The molecule has 6 nitrogen and oxygen atoms in total. The minimum atomic E-state index is -0.476. The average Bonchev–Trinajstić information content (AvgIpc) is 2.37. The SMILES string of the molecule is CN1CCOC(CNc2ccc(C(N)=O)cc2N)C1. The van der Waals surface area contributed by atoms with E-state index in [1.807, 2.05) is 0 Å². The molecule has 0 saturated carbocycles. The summed E-state index contributed by atoms with van der Waals surface area (Å²) in [6.45, 7) is 3.29. The molecule has 1 aromatic carbocycles. The summed E-state index contributed by atoms with van der Waals surface area (Å²) >= 11 is 0. The zero-order valence-electron chi connectivity index (χ0n) is 11.1. The van der Waals surface area contributed by atoms with Gasteiger partial charge in [-0.3, -0.25) is 4.79 Å². The molecule has 104 valence electrons. The topological polar surface area (TPSA) is 93.6 Å². The number of nitrogens with two attached hydrogens (primary N) is 2. The Morgan fingerprint density at radius 1 is 1.58 bits per heavy atom. The van der Waals surface area contributed by atoms with Gasteiger partial charge in [0.2, 0.25) is 5.91 Å². The summed E-state index contributed by atoms with van der Waals surface area (Å²) in [7, 11) is 2.07. The highest BCUT2D eigenvalue weighted by atomic mass is 16.5. The lowest BCUT2D eigenvalue weighted by Crippen LogP contribution is -2.43. The molecule has 5 N–H and O–H groups in total. The van der Waals surface area contributed by atoms with Gasteiger partial charge in [-0.25, -0.2) is 0 Å². The monoisotopic (exact) mass is 264 g/mol. The number of hydrogen-bond donors (Lipinski definition) is 3. The summed E-state index contributed by atoms with van der Waals surface area (Å²) in [6.07, 6.45) is 0.147. The molecule has 1 heterocycles. The molecule has 1 unspecified atom stereocenters. The van der Waals surface area contributed by atoms with E-state index in [2.05, 4.69) is 17.3 Å². The molecule has 19 heavy (non-hydrogen) atoms. The molecule has 1 aliphatic rings. The van der Waals surface area contributed by atoms with Crippen molar-refractivity contribution >= 4 is 17.3 Å². The molecule has 0 spiro atoms. The largest absolute Gasteiger partial charge is 0.397 e. The summed E-state index contributed by atoms with van der Waals surface area (Å²) in [6, 6.07) is 5.01. The van der Waals surface area contributed by atoms with E-state index in [4.69, 9.17) is 16.2 Å². The number of likely N-dealkylation sites (N-methyl/N-ethyl adjacent to an activating group) is 1. The van der Waals surface area contributed by atoms with Crippen molar-refractivity contribution in [1.29, 1.82) is 0 Å². The number of carbonyl (C=O) groups excluding carboxylic acids is 1. The van der Waals surface area contributed by atoms with Crippen LogP contribution in [0.4, 0.5) is 11.4 Å². The molecular weight excluding hydrogens is 244 g/mol. The fourth-order valence-electron chi connectivity index (χ4n) is 2.09. The molecule has 2 rings (SSSR count). The lowest BCUT2D eigenvalue weighted by molar-refractivity contribution is -0.0117. The van der Waals surface area contributed by atoms with Crippen molar-refractivity contribution in [2.24, 2.45) is 5.73 Å². The Bertz CT molecular complexity index is 464. The third kappa shape index (κ3) is 3.59. The number of hydrogen-bond acceptors (Lipinski definition) is 5. The Balaban J connectivity index is 1.94. The van der Waals surface area contributed by atoms with Crippen LogP contribution >= 0.6 is 0 Å². The van der Waals surface area contributed by atoms with Crippen molar-refractivity contribution in [2.45, 2.75) is 6.10 Å². The maximum atomic E-state index is 11.0. The first-order valence-corrected chi connectivity index (χ1v) is 6.29. The van der Waals surface area contributed by atoms with Crippen LogP contribution in [0.2, 0.25) is 0 Å². The fourth-order valence-corrected chi connectivity index (χ4v) is 2.09. The number of nitrogens with zero attached hydrogens (tertiary/aromatic N) is 1. The molecule has 1 fully saturated rings. The van der Waals surface area contributed by atoms with Crippen LogP contribution in [0.5, 0.6) is 0 Å². The van der Waals surface area contributed by atoms with Gasteiger partial charge in [0.15, 0.2) is 0 Å². The van der Waals surface area contributed by atoms with Crippen LogP contribution in [0.3, 0.4) is 0 Å². The molecule has 0 aromatic heterocycles. The first kappa shape index (κ1) is 13.6. The minimum absolute atomic E-state index is 0.147. The van der Waals surface area contributed by atoms with Gasteiger partial charge in [0.1, 0.15) is 0 Å². The number of carbonyl (C=O) groups is 1. The van der Waals surface area contributed by atoms with E-state index in [0.29, 0.717) is 17.8 Å². The van der Waals surface area contributed by atoms with E-state index in [1.165, 1.54) is 0 Å². The summed E-state index contributed by atoms with van der Waals surface area (Å²) < 4.78 is 5.65. The highest BCUT2D eigenvalue weighted by Gasteiger charge is 2.17. The van der Waals surface area contributed by atoms with E-state index in [9.17, 15) is 4.79 Å². The first-order chi connectivity index (χ1) is 9.06. The van der Waals surface area contributed by atoms with Crippen LogP contribution in [0.15, 0.2) is 18.2 Å². The number of morpholine rings is 1. The number of primary amides is 1. The number of rotatable bonds is 4. The molecule has 1 saturated heterocycles. The summed E-state index contributed by atoms with van der Waals surface area (Å²) in [5, 5.41) is 3.24. The molecule has 1 amide bonds. The zero-order valence-corrected chi connectivity index (χ0v) is 11.1. The van der Waals surface area contributed by atoms with E-state index in [0.717, 1.165) is 25.4 Å². The van der Waals surface area contributed by atoms with Crippen LogP contribution in [0, 0.1) is 0 Å². The van der Waals surface area contributed by atoms with E-state index in [-0.39, 0.29) is 6.10 Å². The van der Waals surface area contributed by atoms with Crippen molar-refractivity contribution in [3.05, 3.63) is 23.8 Å². The molecular formula is C13H20N4O2. The Kier molecular flexibility index (Phi) is 4.24. The number of anilines is 2. The summed E-state index contributed by atoms with van der Waals surface area (Å²) in [5.41, 5.74) is 12.8. The average molecular weight is 264 g/mol. The Hall–Kier alpha value is -1.79. The highest BCUT2D eigenvalue weighted by Crippen LogP contribution is 2.20. The molecule has 0 bridgehead atoms. The second kappa shape index (κ2) is 5.90. The first-order valence-electron chi connectivity index (χ1n) is 6.29. The van der Waals surface area contributed by atoms with Crippen LogP contribution < -0.4 is 16.8 Å². The third-order valence-corrected chi connectivity index (χ3v) is 3.20. The smallest absolute Gasteiger partial charge is 0.248 e. The number of amides is 1. The van der Waals surface area contributed by atoms with E-state index >= 15 is 0 Å². The Labute approximate surface area is 112 Å². The standard InChI is InChI=1S/C13H20N4O2/c1-17-4-5-19-10(8-17)7-16-12-3-2-9(13(15)18)6-11(12)14/h2-3,6,10,16H,4-5,7-8,14H2,1H3,(H2,15,18). The van der Waals surface area contributed by atoms with E-state index in [1.54, 1.807) is 18.2 Å².